The summed E-state index contributed by atoms with van der Waals surface area (Å²) in [6.07, 6.45) is -2.95. The maximum Gasteiger partial charge on any atom is 0.419 e. The highest BCUT2D eigenvalue weighted by Gasteiger charge is 2.37. The normalized spacial score (nSPS) is 15.1. The summed E-state index contributed by atoms with van der Waals surface area (Å²) < 4.78 is 46.7. The summed E-state index contributed by atoms with van der Waals surface area (Å²) in [6.45, 7) is 12.3. The first-order chi connectivity index (χ1) is 17.0. The summed E-state index contributed by atoms with van der Waals surface area (Å²) in [5.74, 6) is 1.000. The second-order valence-electron chi connectivity index (χ2n) is 8.14. The highest BCUT2D eigenvalue weighted by molar-refractivity contribution is 6.31. The fraction of sp³-hybridized carbons (Fsp3) is 0.480. The topological polar surface area (TPSA) is 60.7 Å². The highest BCUT2D eigenvalue weighted by atomic mass is 35.5. The number of piperazine rings is 1. The first kappa shape index (κ1) is 29.2. The van der Waals surface area contributed by atoms with E-state index in [1.54, 1.807) is 23.8 Å². The van der Waals surface area contributed by atoms with Gasteiger partial charge in [0.2, 0.25) is 5.91 Å². The van der Waals surface area contributed by atoms with E-state index >= 15 is 0 Å². The molecule has 198 valence electrons. The van der Waals surface area contributed by atoms with Gasteiger partial charge in [-0.2, -0.15) is 13.2 Å². The Hall–Kier alpha value is -3.01. The van der Waals surface area contributed by atoms with Crippen LogP contribution in [0.15, 0.2) is 53.0 Å². The maximum absolute atomic E-state index is 13.9. The van der Waals surface area contributed by atoms with Crippen molar-refractivity contribution in [3.05, 3.63) is 53.6 Å². The predicted molar refractivity (Wildman–Crippen MR) is 139 cm³/mol. The molecule has 1 aliphatic rings. The van der Waals surface area contributed by atoms with Crippen LogP contribution in [-0.2, 0) is 15.7 Å². The average molecular weight is 528 g/mol. The Morgan fingerprint density at radius 3 is 2.42 bits per heavy atom. The Morgan fingerprint density at radius 2 is 1.86 bits per heavy atom. The van der Waals surface area contributed by atoms with E-state index in [0.29, 0.717) is 49.9 Å². The van der Waals surface area contributed by atoms with E-state index in [9.17, 15) is 18.0 Å². The lowest BCUT2D eigenvalue weighted by Gasteiger charge is -2.37. The third-order valence-electron chi connectivity index (χ3n) is 5.89. The molecule has 1 aliphatic heterocycles. The fourth-order valence-corrected chi connectivity index (χ4v) is 4.25. The van der Waals surface area contributed by atoms with Gasteiger partial charge in [0, 0.05) is 53.2 Å². The second kappa shape index (κ2) is 13.3. The first-order valence-corrected chi connectivity index (χ1v) is 11.9. The molecule has 1 heterocycles. The number of amidine groups is 1. The molecular formula is C25H33ClF3N5O2. The molecule has 0 atom stereocenters. The molecule has 0 saturated carbocycles. The highest BCUT2D eigenvalue weighted by Crippen LogP contribution is 2.41. The van der Waals surface area contributed by atoms with Crippen molar-refractivity contribution in [2.24, 2.45) is 9.98 Å². The SMILES string of the molecule is C=CC(=O)N1CCN(/C(=N/C)C(=C)CCN(CC/N=C(\C)OC)c2cccc(Cl)c2C(F)(F)F)CC1. The summed E-state index contributed by atoms with van der Waals surface area (Å²) in [6, 6.07) is 4.15. The number of aliphatic imine (C=N–C) groups is 2. The van der Waals surface area contributed by atoms with Crippen molar-refractivity contribution in [3.63, 3.8) is 0 Å². The quantitative estimate of drug-likeness (QED) is 0.269. The molecule has 7 nitrogen and oxygen atoms in total. The number of rotatable bonds is 9. The lowest BCUT2D eigenvalue weighted by molar-refractivity contribution is -0.137. The fourth-order valence-electron chi connectivity index (χ4n) is 3.97. The Kier molecular flexibility index (Phi) is 10.8. The van der Waals surface area contributed by atoms with Crippen LogP contribution in [-0.4, -0.2) is 87.4 Å². The number of nitrogens with zero attached hydrogens (tertiary/aromatic N) is 5. The van der Waals surface area contributed by atoms with Crippen LogP contribution in [0.2, 0.25) is 5.02 Å². The smallest absolute Gasteiger partial charge is 0.419 e. The number of carbonyl (C=O) groups excluding carboxylic acids is 1. The van der Waals surface area contributed by atoms with Gasteiger partial charge in [-0.15, -0.1) is 0 Å². The largest absolute Gasteiger partial charge is 0.484 e. The summed E-state index contributed by atoms with van der Waals surface area (Å²) in [5.41, 5.74) is -0.199. The molecule has 1 amide bonds. The van der Waals surface area contributed by atoms with Gasteiger partial charge in [0.25, 0.3) is 0 Å². The van der Waals surface area contributed by atoms with Crippen molar-refractivity contribution in [2.75, 3.05) is 64.9 Å². The number of ether oxygens (including phenoxy) is 1. The molecule has 0 N–H and O–H groups in total. The molecule has 1 fully saturated rings. The molecule has 1 saturated heterocycles. The number of halogens is 4. The van der Waals surface area contributed by atoms with Gasteiger partial charge in [-0.25, -0.2) is 0 Å². The van der Waals surface area contributed by atoms with Crippen molar-refractivity contribution in [3.8, 4) is 0 Å². The molecule has 11 heteroatoms. The van der Waals surface area contributed by atoms with Crippen LogP contribution < -0.4 is 4.90 Å². The molecule has 1 aromatic rings. The van der Waals surface area contributed by atoms with Crippen molar-refractivity contribution in [1.29, 1.82) is 0 Å². The van der Waals surface area contributed by atoms with Crippen molar-refractivity contribution in [1.82, 2.24) is 9.80 Å². The summed E-state index contributed by atoms with van der Waals surface area (Å²) in [5, 5.41) is -0.358. The van der Waals surface area contributed by atoms with Gasteiger partial charge < -0.3 is 19.4 Å². The predicted octanol–water partition coefficient (Wildman–Crippen LogP) is 4.53. The summed E-state index contributed by atoms with van der Waals surface area (Å²) >= 11 is 5.98. The third kappa shape index (κ3) is 7.74. The number of anilines is 1. The molecule has 0 radical (unpaired) electrons. The van der Waals surface area contributed by atoms with Gasteiger partial charge in [0.1, 0.15) is 5.84 Å². The van der Waals surface area contributed by atoms with E-state index in [1.807, 2.05) is 4.90 Å². The number of hydrogen-bond donors (Lipinski definition) is 0. The molecule has 0 aliphatic carbocycles. The molecule has 0 aromatic heterocycles. The van der Waals surface area contributed by atoms with Crippen LogP contribution in [0.4, 0.5) is 18.9 Å². The third-order valence-corrected chi connectivity index (χ3v) is 6.21. The molecule has 2 rings (SSSR count). The van der Waals surface area contributed by atoms with Gasteiger partial charge in [-0.1, -0.05) is 30.8 Å². The van der Waals surface area contributed by atoms with Gasteiger partial charge >= 0.3 is 6.18 Å². The van der Waals surface area contributed by atoms with Crippen LogP contribution in [0.1, 0.15) is 18.9 Å². The zero-order chi connectivity index (χ0) is 26.9. The van der Waals surface area contributed by atoms with E-state index in [0.717, 1.165) is 0 Å². The summed E-state index contributed by atoms with van der Waals surface area (Å²) in [7, 11) is 3.14. The van der Waals surface area contributed by atoms with E-state index in [1.165, 1.54) is 31.4 Å². The standard InChI is InChI=1S/C25H33ClF3N5O2/c1-6-22(35)33-14-16-34(17-15-33)24(30-4)18(2)10-12-32(13-11-31-19(3)36-5)21-9-7-8-20(26)23(21)25(27,28)29/h6-9H,1-2,10-17H2,3-5H3/b30-24+,31-19+. The lowest BCUT2D eigenvalue weighted by Crippen LogP contribution is -2.50. The molecule has 0 unspecified atom stereocenters. The summed E-state index contributed by atoms with van der Waals surface area (Å²) in [4.78, 5) is 25.8. The maximum atomic E-state index is 13.9. The minimum Gasteiger partial charge on any atom is -0.484 e. The number of carbonyl (C=O) groups is 1. The number of alkyl halides is 3. The molecular weight excluding hydrogens is 495 g/mol. The van der Waals surface area contributed by atoms with Crippen LogP contribution in [0.5, 0.6) is 0 Å². The zero-order valence-corrected chi connectivity index (χ0v) is 21.7. The van der Waals surface area contributed by atoms with Crippen LogP contribution in [0.25, 0.3) is 0 Å². The number of methoxy groups -OCH3 is 1. The van der Waals surface area contributed by atoms with Gasteiger partial charge in [0.05, 0.1) is 29.9 Å². The Labute approximate surface area is 215 Å². The minimum atomic E-state index is -4.62. The number of hydrogen-bond acceptors (Lipinski definition) is 5. The van der Waals surface area contributed by atoms with Crippen LogP contribution >= 0.6 is 11.6 Å². The van der Waals surface area contributed by atoms with E-state index < -0.39 is 11.7 Å². The number of benzene rings is 1. The minimum absolute atomic E-state index is 0.0143. The molecule has 1 aromatic carbocycles. The van der Waals surface area contributed by atoms with E-state index in [-0.39, 0.29) is 36.3 Å². The van der Waals surface area contributed by atoms with Crippen LogP contribution in [0.3, 0.4) is 0 Å². The zero-order valence-electron chi connectivity index (χ0n) is 20.9. The van der Waals surface area contributed by atoms with E-state index in [2.05, 4.69) is 23.1 Å². The second-order valence-corrected chi connectivity index (χ2v) is 8.55. The number of amides is 1. The monoisotopic (exact) mass is 527 g/mol. The van der Waals surface area contributed by atoms with Gasteiger partial charge in [-0.05, 0) is 30.2 Å². The first-order valence-electron chi connectivity index (χ1n) is 11.5. The molecule has 0 spiro atoms. The van der Waals surface area contributed by atoms with Crippen molar-refractivity contribution >= 4 is 34.9 Å². The average Bonchev–Trinajstić information content (AvgIpc) is 2.85. The Morgan fingerprint density at radius 1 is 1.22 bits per heavy atom. The van der Waals surface area contributed by atoms with Crippen molar-refractivity contribution < 1.29 is 22.7 Å². The Bertz CT molecular complexity index is 1000. The Balaban J connectivity index is 2.20. The van der Waals surface area contributed by atoms with Gasteiger partial charge in [-0.3, -0.25) is 14.8 Å². The lowest BCUT2D eigenvalue weighted by atomic mass is 10.1. The van der Waals surface area contributed by atoms with E-state index in [4.69, 9.17) is 16.3 Å². The van der Waals surface area contributed by atoms with Gasteiger partial charge in [0.15, 0.2) is 5.90 Å². The van der Waals surface area contributed by atoms with Crippen molar-refractivity contribution in [2.45, 2.75) is 19.5 Å². The molecule has 36 heavy (non-hydrogen) atoms. The molecule has 0 bridgehead atoms. The van der Waals surface area contributed by atoms with Crippen LogP contribution in [0, 0.1) is 0 Å².